The van der Waals surface area contributed by atoms with Gasteiger partial charge in [-0.05, 0) is 50.6 Å². The third-order valence-corrected chi connectivity index (χ3v) is 4.19. The zero-order valence-corrected chi connectivity index (χ0v) is 13.7. The summed E-state index contributed by atoms with van der Waals surface area (Å²) in [6.07, 6.45) is 0.179. The van der Waals surface area contributed by atoms with Gasteiger partial charge < -0.3 is 10.5 Å². The predicted molar refractivity (Wildman–Crippen MR) is 91.0 cm³/mol. The molecule has 1 atom stereocenters. The highest BCUT2D eigenvalue weighted by Crippen LogP contribution is 2.26. The van der Waals surface area contributed by atoms with Crippen LogP contribution >= 0.6 is 11.8 Å². The fraction of sp³-hybridized carbons (Fsp3) is 0.333. The third-order valence-electron chi connectivity index (χ3n) is 3.08. The molecular formula is C18H23NOS. The molecule has 21 heavy (non-hydrogen) atoms. The van der Waals surface area contributed by atoms with E-state index in [1.54, 1.807) is 11.8 Å². The van der Waals surface area contributed by atoms with Gasteiger partial charge in [0.1, 0.15) is 5.75 Å². The lowest BCUT2D eigenvalue weighted by Gasteiger charge is -2.15. The molecule has 2 N–H and O–H groups in total. The molecular weight excluding hydrogens is 278 g/mol. The lowest BCUT2D eigenvalue weighted by atomic mass is 10.1. The highest BCUT2D eigenvalue weighted by atomic mass is 32.2. The first-order chi connectivity index (χ1) is 10.0. The minimum atomic E-state index is 0.00576. The Morgan fingerprint density at radius 2 is 1.86 bits per heavy atom. The predicted octanol–water partition coefficient (Wildman–Crippen LogP) is 4.57. The summed E-state index contributed by atoms with van der Waals surface area (Å²) in [5.74, 6) is 1.74. The molecule has 0 fully saturated rings. The van der Waals surface area contributed by atoms with Crippen LogP contribution in [0.1, 0.15) is 31.0 Å². The summed E-state index contributed by atoms with van der Waals surface area (Å²) >= 11 is 1.79. The van der Waals surface area contributed by atoms with Gasteiger partial charge in [0, 0.05) is 16.7 Å². The van der Waals surface area contributed by atoms with Gasteiger partial charge in [0.15, 0.2) is 0 Å². The average molecular weight is 301 g/mol. The largest absolute Gasteiger partial charge is 0.491 e. The van der Waals surface area contributed by atoms with Crippen LogP contribution in [0.25, 0.3) is 0 Å². The molecule has 2 aromatic rings. The third kappa shape index (κ3) is 5.10. The van der Waals surface area contributed by atoms with Crippen molar-refractivity contribution in [3.63, 3.8) is 0 Å². The lowest BCUT2D eigenvalue weighted by Crippen LogP contribution is -2.13. The maximum absolute atomic E-state index is 6.30. The van der Waals surface area contributed by atoms with Crippen molar-refractivity contribution in [2.45, 2.75) is 37.8 Å². The molecule has 0 aromatic heterocycles. The van der Waals surface area contributed by atoms with E-state index >= 15 is 0 Å². The van der Waals surface area contributed by atoms with E-state index in [1.165, 1.54) is 10.5 Å². The molecule has 0 aliphatic heterocycles. The Morgan fingerprint density at radius 1 is 1.10 bits per heavy atom. The number of nitrogens with two attached hydrogens (primary N) is 1. The van der Waals surface area contributed by atoms with Gasteiger partial charge in [0.2, 0.25) is 0 Å². The number of aryl methyl sites for hydroxylation is 1. The molecule has 0 aliphatic carbocycles. The molecule has 2 rings (SSSR count). The fourth-order valence-electron chi connectivity index (χ4n) is 2.08. The second kappa shape index (κ2) is 7.53. The SMILES string of the molecule is Cc1cccc(SCC(N)c2cccc(OC(C)C)c2)c1. The van der Waals surface area contributed by atoms with Crippen molar-refractivity contribution in [1.82, 2.24) is 0 Å². The molecule has 0 radical (unpaired) electrons. The molecule has 2 aromatic carbocycles. The molecule has 0 amide bonds. The normalized spacial score (nSPS) is 12.4. The Morgan fingerprint density at radius 3 is 2.57 bits per heavy atom. The number of rotatable bonds is 6. The molecule has 0 heterocycles. The van der Waals surface area contributed by atoms with Crippen LogP contribution in [0.5, 0.6) is 5.75 Å². The zero-order chi connectivity index (χ0) is 15.2. The number of benzene rings is 2. The van der Waals surface area contributed by atoms with Crippen LogP contribution in [0.3, 0.4) is 0 Å². The molecule has 0 spiro atoms. The first kappa shape index (κ1) is 15.9. The van der Waals surface area contributed by atoms with Crippen molar-refractivity contribution < 1.29 is 4.74 Å². The monoisotopic (exact) mass is 301 g/mol. The molecule has 0 bridgehead atoms. The molecule has 1 unspecified atom stereocenters. The quantitative estimate of drug-likeness (QED) is 0.794. The van der Waals surface area contributed by atoms with Crippen molar-refractivity contribution >= 4 is 11.8 Å². The second-order valence-corrected chi connectivity index (χ2v) is 6.57. The minimum absolute atomic E-state index is 0.00576. The van der Waals surface area contributed by atoms with E-state index in [0.29, 0.717) is 0 Å². The first-order valence-electron chi connectivity index (χ1n) is 7.26. The summed E-state index contributed by atoms with van der Waals surface area (Å²) in [6.45, 7) is 6.16. The number of thioether (sulfide) groups is 1. The number of hydrogen-bond acceptors (Lipinski definition) is 3. The van der Waals surface area contributed by atoms with Gasteiger partial charge in [-0.1, -0.05) is 29.8 Å². The fourth-order valence-corrected chi connectivity index (χ4v) is 3.09. The van der Waals surface area contributed by atoms with E-state index in [1.807, 2.05) is 32.0 Å². The van der Waals surface area contributed by atoms with Crippen molar-refractivity contribution in [3.05, 3.63) is 59.7 Å². The Bertz CT molecular complexity index is 583. The molecule has 112 valence electrons. The van der Waals surface area contributed by atoms with Gasteiger partial charge in [-0.3, -0.25) is 0 Å². The van der Waals surface area contributed by atoms with Crippen molar-refractivity contribution in [2.24, 2.45) is 5.73 Å². The van der Waals surface area contributed by atoms with Gasteiger partial charge in [0.05, 0.1) is 6.10 Å². The minimum Gasteiger partial charge on any atom is -0.491 e. The van der Waals surface area contributed by atoms with Crippen LogP contribution in [-0.2, 0) is 0 Å². The van der Waals surface area contributed by atoms with Gasteiger partial charge >= 0.3 is 0 Å². The van der Waals surface area contributed by atoms with Crippen LogP contribution in [0.4, 0.5) is 0 Å². The number of hydrogen-bond donors (Lipinski definition) is 1. The maximum atomic E-state index is 6.30. The standard InChI is InChI=1S/C18H23NOS/c1-13(2)20-16-8-5-7-15(11-16)18(19)12-21-17-9-4-6-14(3)10-17/h4-11,13,18H,12,19H2,1-3H3. The summed E-state index contributed by atoms with van der Waals surface area (Å²) in [5.41, 5.74) is 8.70. The van der Waals surface area contributed by atoms with Gasteiger partial charge in [-0.2, -0.15) is 0 Å². The Kier molecular flexibility index (Phi) is 5.71. The van der Waals surface area contributed by atoms with Crippen LogP contribution in [0, 0.1) is 6.92 Å². The maximum Gasteiger partial charge on any atom is 0.120 e. The van der Waals surface area contributed by atoms with E-state index < -0.39 is 0 Å². The van der Waals surface area contributed by atoms with Crippen molar-refractivity contribution in [3.8, 4) is 5.75 Å². The first-order valence-corrected chi connectivity index (χ1v) is 8.25. The Labute approximate surface area is 131 Å². The summed E-state index contributed by atoms with van der Waals surface area (Å²) in [7, 11) is 0. The summed E-state index contributed by atoms with van der Waals surface area (Å²) in [4.78, 5) is 1.26. The average Bonchev–Trinajstić information content (AvgIpc) is 2.44. The van der Waals surface area contributed by atoms with Crippen molar-refractivity contribution in [1.29, 1.82) is 0 Å². The summed E-state index contributed by atoms with van der Waals surface area (Å²) < 4.78 is 5.72. The lowest BCUT2D eigenvalue weighted by molar-refractivity contribution is 0.242. The summed E-state index contributed by atoms with van der Waals surface area (Å²) in [5, 5.41) is 0. The van der Waals surface area contributed by atoms with E-state index in [9.17, 15) is 0 Å². The van der Waals surface area contributed by atoms with E-state index in [4.69, 9.17) is 10.5 Å². The highest BCUT2D eigenvalue weighted by Gasteiger charge is 2.08. The second-order valence-electron chi connectivity index (χ2n) is 5.47. The Hall–Kier alpha value is -1.45. The van der Waals surface area contributed by atoms with Gasteiger partial charge in [0.25, 0.3) is 0 Å². The topological polar surface area (TPSA) is 35.2 Å². The van der Waals surface area contributed by atoms with Crippen LogP contribution in [0.15, 0.2) is 53.4 Å². The smallest absolute Gasteiger partial charge is 0.120 e. The molecule has 2 nitrogen and oxygen atoms in total. The van der Waals surface area contributed by atoms with Crippen molar-refractivity contribution in [2.75, 3.05) is 5.75 Å². The molecule has 0 saturated heterocycles. The Balaban J connectivity index is 1.98. The molecule has 0 aliphatic rings. The summed E-state index contributed by atoms with van der Waals surface area (Å²) in [6, 6.07) is 16.6. The highest BCUT2D eigenvalue weighted by molar-refractivity contribution is 7.99. The van der Waals surface area contributed by atoms with E-state index in [2.05, 4.69) is 37.3 Å². The number of ether oxygens (including phenoxy) is 1. The van der Waals surface area contributed by atoms with Gasteiger partial charge in [-0.25, -0.2) is 0 Å². The van der Waals surface area contributed by atoms with Crippen LogP contribution in [0.2, 0.25) is 0 Å². The molecule has 0 saturated carbocycles. The zero-order valence-electron chi connectivity index (χ0n) is 12.9. The van der Waals surface area contributed by atoms with Crippen LogP contribution < -0.4 is 10.5 Å². The molecule has 3 heteroatoms. The van der Waals surface area contributed by atoms with Crippen LogP contribution in [-0.4, -0.2) is 11.9 Å². The van der Waals surface area contributed by atoms with E-state index in [0.717, 1.165) is 17.1 Å². The van der Waals surface area contributed by atoms with E-state index in [-0.39, 0.29) is 12.1 Å². The van der Waals surface area contributed by atoms with Gasteiger partial charge in [-0.15, -0.1) is 11.8 Å².